The predicted molar refractivity (Wildman–Crippen MR) is 84.8 cm³/mol. The first kappa shape index (κ1) is 16.7. The molecule has 2 rings (SSSR count). The number of nitrogens with one attached hydrogen (secondary N) is 1. The second-order valence-corrected chi connectivity index (χ2v) is 5.11. The predicted octanol–water partition coefficient (Wildman–Crippen LogP) is 4.47. The fourth-order valence-electron chi connectivity index (χ4n) is 1.86. The Labute approximate surface area is 136 Å². The van der Waals surface area contributed by atoms with Crippen LogP contribution in [-0.2, 0) is 4.79 Å². The number of hydrogen-bond acceptors (Lipinski definition) is 2. The molecular formula is C17H11ClF2N2O. The zero-order chi connectivity index (χ0) is 17.0. The van der Waals surface area contributed by atoms with E-state index in [9.17, 15) is 13.6 Å². The molecule has 0 aliphatic rings. The summed E-state index contributed by atoms with van der Waals surface area (Å²) in [6.07, 6.45) is 1.06. The minimum absolute atomic E-state index is 0.0547. The molecule has 0 unspecified atom stereocenters. The van der Waals surface area contributed by atoms with Crippen molar-refractivity contribution in [1.29, 1.82) is 5.26 Å². The highest BCUT2D eigenvalue weighted by molar-refractivity contribution is 6.31. The molecule has 0 saturated heterocycles. The van der Waals surface area contributed by atoms with Crippen LogP contribution in [0.25, 0.3) is 6.08 Å². The molecule has 0 aliphatic carbocycles. The number of carbonyl (C=O) groups is 1. The van der Waals surface area contributed by atoms with Crippen LogP contribution in [0.5, 0.6) is 0 Å². The van der Waals surface area contributed by atoms with Gasteiger partial charge in [0.2, 0.25) is 0 Å². The van der Waals surface area contributed by atoms with Gasteiger partial charge in [0.25, 0.3) is 5.91 Å². The maximum atomic E-state index is 13.6. The van der Waals surface area contributed by atoms with Crippen molar-refractivity contribution in [3.8, 4) is 6.07 Å². The summed E-state index contributed by atoms with van der Waals surface area (Å²) in [4.78, 5) is 12.1. The summed E-state index contributed by atoms with van der Waals surface area (Å²) in [5, 5.41) is 12.1. The summed E-state index contributed by atoms with van der Waals surface area (Å²) >= 11 is 5.96. The van der Waals surface area contributed by atoms with Gasteiger partial charge in [-0.25, -0.2) is 8.78 Å². The van der Waals surface area contributed by atoms with Crippen molar-refractivity contribution in [3.05, 3.63) is 69.8 Å². The molecule has 2 aromatic rings. The summed E-state index contributed by atoms with van der Waals surface area (Å²) in [5.41, 5.74) is 0.729. The van der Waals surface area contributed by atoms with E-state index in [0.29, 0.717) is 22.3 Å². The van der Waals surface area contributed by atoms with Gasteiger partial charge >= 0.3 is 0 Å². The van der Waals surface area contributed by atoms with Crippen LogP contribution in [0.1, 0.15) is 11.1 Å². The van der Waals surface area contributed by atoms with Crippen molar-refractivity contribution in [2.45, 2.75) is 6.92 Å². The highest BCUT2D eigenvalue weighted by atomic mass is 35.5. The van der Waals surface area contributed by atoms with Crippen LogP contribution in [0.3, 0.4) is 0 Å². The number of carbonyl (C=O) groups excluding carboxylic acids is 1. The number of nitrogens with zero attached hydrogens (tertiary/aromatic N) is 1. The largest absolute Gasteiger partial charge is 0.321 e. The Kier molecular flexibility index (Phi) is 5.09. The lowest BCUT2D eigenvalue weighted by Crippen LogP contribution is -2.14. The molecule has 0 aromatic heterocycles. The molecule has 0 atom stereocenters. The van der Waals surface area contributed by atoms with Crippen LogP contribution in [0, 0.1) is 29.9 Å². The van der Waals surface area contributed by atoms with Gasteiger partial charge in [-0.15, -0.1) is 0 Å². The molecule has 23 heavy (non-hydrogen) atoms. The summed E-state index contributed by atoms with van der Waals surface area (Å²) in [7, 11) is 0. The van der Waals surface area contributed by atoms with Gasteiger partial charge < -0.3 is 5.32 Å². The second kappa shape index (κ2) is 7.03. The Balaban J connectivity index is 2.30. The Morgan fingerprint density at radius 2 is 2.04 bits per heavy atom. The number of rotatable bonds is 3. The third-order valence-corrected chi connectivity index (χ3v) is 3.55. The first-order chi connectivity index (χ1) is 10.9. The Hall–Kier alpha value is -2.71. The standard InChI is InChI=1S/C17H11ClF2N2O/c1-10-14(18)3-2-4-16(10)22-17(23)12(9-21)7-11-5-6-13(19)8-15(11)20/h2-8H,1H3,(H,22,23)/b12-7+. The molecule has 0 spiro atoms. The van der Waals surface area contributed by atoms with Gasteiger partial charge in [0.05, 0.1) is 0 Å². The summed E-state index contributed by atoms with van der Waals surface area (Å²) in [5.74, 6) is -2.30. The zero-order valence-electron chi connectivity index (χ0n) is 12.0. The van der Waals surface area contributed by atoms with E-state index >= 15 is 0 Å². The van der Waals surface area contributed by atoms with Gasteiger partial charge in [-0.1, -0.05) is 17.7 Å². The molecule has 0 fully saturated rings. The smallest absolute Gasteiger partial charge is 0.266 e. The van der Waals surface area contributed by atoms with Gasteiger partial charge in [0, 0.05) is 22.3 Å². The van der Waals surface area contributed by atoms with E-state index in [0.717, 1.165) is 18.2 Å². The van der Waals surface area contributed by atoms with Crippen molar-refractivity contribution < 1.29 is 13.6 Å². The van der Waals surface area contributed by atoms with E-state index < -0.39 is 17.5 Å². The highest BCUT2D eigenvalue weighted by Gasteiger charge is 2.13. The topological polar surface area (TPSA) is 52.9 Å². The first-order valence-corrected chi connectivity index (χ1v) is 6.93. The van der Waals surface area contributed by atoms with Crippen LogP contribution in [0.2, 0.25) is 5.02 Å². The normalized spacial score (nSPS) is 11.0. The van der Waals surface area contributed by atoms with Crippen LogP contribution in [0.15, 0.2) is 42.0 Å². The fourth-order valence-corrected chi connectivity index (χ4v) is 2.03. The fraction of sp³-hybridized carbons (Fsp3) is 0.0588. The lowest BCUT2D eigenvalue weighted by atomic mass is 10.1. The number of nitriles is 1. The quantitative estimate of drug-likeness (QED) is 0.666. The minimum atomic E-state index is -0.857. The Morgan fingerprint density at radius 1 is 1.30 bits per heavy atom. The van der Waals surface area contributed by atoms with Crippen molar-refractivity contribution in [2.75, 3.05) is 5.32 Å². The van der Waals surface area contributed by atoms with Gasteiger partial charge in [0.15, 0.2) is 0 Å². The van der Waals surface area contributed by atoms with Gasteiger partial charge in [-0.2, -0.15) is 5.26 Å². The third-order valence-electron chi connectivity index (χ3n) is 3.14. The number of halogens is 3. The monoisotopic (exact) mass is 332 g/mol. The number of hydrogen-bond donors (Lipinski definition) is 1. The average Bonchev–Trinajstić information content (AvgIpc) is 2.51. The number of amides is 1. The molecule has 1 N–H and O–H groups in total. The summed E-state index contributed by atoms with van der Waals surface area (Å²) in [6.45, 7) is 1.72. The molecule has 0 bridgehead atoms. The van der Waals surface area contributed by atoms with E-state index in [-0.39, 0.29) is 11.1 Å². The molecule has 116 valence electrons. The maximum absolute atomic E-state index is 13.6. The second-order valence-electron chi connectivity index (χ2n) is 4.70. The third kappa shape index (κ3) is 3.93. The van der Waals surface area contributed by atoms with Gasteiger partial charge in [0.1, 0.15) is 23.3 Å². The van der Waals surface area contributed by atoms with Crippen molar-refractivity contribution in [1.82, 2.24) is 0 Å². The zero-order valence-corrected chi connectivity index (χ0v) is 12.8. The van der Waals surface area contributed by atoms with E-state index in [1.807, 2.05) is 0 Å². The molecule has 6 heteroatoms. The first-order valence-electron chi connectivity index (χ1n) is 6.55. The van der Waals surface area contributed by atoms with E-state index in [1.165, 1.54) is 0 Å². The Morgan fingerprint density at radius 3 is 2.70 bits per heavy atom. The minimum Gasteiger partial charge on any atom is -0.321 e. The van der Waals surface area contributed by atoms with Crippen LogP contribution < -0.4 is 5.32 Å². The van der Waals surface area contributed by atoms with Gasteiger partial charge in [-0.3, -0.25) is 4.79 Å². The lowest BCUT2D eigenvalue weighted by molar-refractivity contribution is -0.112. The molecule has 0 radical (unpaired) electrons. The highest BCUT2D eigenvalue weighted by Crippen LogP contribution is 2.23. The molecule has 3 nitrogen and oxygen atoms in total. The SMILES string of the molecule is Cc1c(Cl)cccc1NC(=O)/C(C#N)=C/c1ccc(F)cc1F. The maximum Gasteiger partial charge on any atom is 0.266 e. The van der Waals surface area contributed by atoms with Crippen molar-refractivity contribution >= 4 is 29.3 Å². The van der Waals surface area contributed by atoms with Gasteiger partial charge in [-0.05, 0) is 42.8 Å². The van der Waals surface area contributed by atoms with E-state index in [1.54, 1.807) is 31.2 Å². The molecule has 1 amide bonds. The summed E-state index contributed by atoms with van der Waals surface area (Å²) in [6, 6.07) is 9.53. The molecule has 0 aliphatic heterocycles. The molecular weight excluding hydrogens is 322 g/mol. The summed E-state index contributed by atoms with van der Waals surface area (Å²) < 4.78 is 26.5. The van der Waals surface area contributed by atoms with Crippen LogP contribution >= 0.6 is 11.6 Å². The van der Waals surface area contributed by atoms with Crippen LogP contribution in [-0.4, -0.2) is 5.91 Å². The van der Waals surface area contributed by atoms with E-state index in [2.05, 4.69) is 5.32 Å². The molecule has 0 saturated carbocycles. The van der Waals surface area contributed by atoms with Crippen molar-refractivity contribution in [2.24, 2.45) is 0 Å². The van der Waals surface area contributed by atoms with E-state index in [4.69, 9.17) is 16.9 Å². The number of anilines is 1. The molecule has 2 aromatic carbocycles. The lowest BCUT2D eigenvalue weighted by Gasteiger charge is -2.09. The Bertz CT molecular complexity index is 841. The van der Waals surface area contributed by atoms with Crippen molar-refractivity contribution in [3.63, 3.8) is 0 Å². The average molecular weight is 333 g/mol. The number of benzene rings is 2. The molecule has 0 heterocycles. The van der Waals surface area contributed by atoms with Crippen LogP contribution in [0.4, 0.5) is 14.5 Å².